The summed E-state index contributed by atoms with van der Waals surface area (Å²) in [5, 5.41) is 17.9. The summed E-state index contributed by atoms with van der Waals surface area (Å²) in [6.07, 6.45) is 1.28. The maximum absolute atomic E-state index is 13.7. The Balaban J connectivity index is 1.52. The molecule has 3 aromatic rings. The Labute approximate surface area is 201 Å². The minimum absolute atomic E-state index is 0.191. The van der Waals surface area contributed by atoms with Gasteiger partial charge in [0.05, 0.1) is 24.3 Å². The smallest absolute Gasteiger partial charge is 0.419 e. The molecule has 0 aliphatic rings. The predicted molar refractivity (Wildman–Crippen MR) is 128 cm³/mol. The normalized spacial score (nSPS) is 13.6. The van der Waals surface area contributed by atoms with Crippen LogP contribution in [0.25, 0.3) is 10.6 Å². The molecule has 0 radical (unpaired) electrons. The number of ether oxygens (including phenoxy) is 1. The molecule has 1 atom stereocenters. The summed E-state index contributed by atoms with van der Waals surface area (Å²) in [7, 11) is 0. The van der Waals surface area contributed by atoms with Gasteiger partial charge in [-0.25, -0.2) is 0 Å². The molecular weight excluding hydrogens is 463 g/mol. The van der Waals surface area contributed by atoms with E-state index in [2.05, 4.69) is 22.3 Å². The van der Waals surface area contributed by atoms with E-state index in [0.717, 1.165) is 49.5 Å². The number of unbranched alkanes of at least 4 members (excludes halogenated alkanes) is 4. The Kier molecular flexibility index (Phi) is 9.04. The Morgan fingerprint density at radius 3 is 2.38 bits per heavy atom. The van der Waals surface area contributed by atoms with Crippen molar-refractivity contribution in [3.8, 4) is 16.3 Å². The molecule has 0 unspecified atom stereocenters. The van der Waals surface area contributed by atoms with Gasteiger partial charge in [0.25, 0.3) is 0 Å². The van der Waals surface area contributed by atoms with E-state index in [9.17, 15) is 18.3 Å². The average Bonchev–Trinajstić information content (AvgIpc) is 3.32. The molecule has 34 heavy (non-hydrogen) atoms. The second-order valence-corrected chi connectivity index (χ2v) is 9.53. The zero-order valence-electron chi connectivity index (χ0n) is 19.1. The molecule has 5 nitrogen and oxygen atoms in total. The molecule has 9 heteroatoms. The van der Waals surface area contributed by atoms with Gasteiger partial charge in [0.15, 0.2) is 0 Å². The van der Waals surface area contributed by atoms with Gasteiger partial charge in [-0.05, 0) is 49.9 Å². The van der Waals surface area contributed by atoms with Gasteiger partial charge in [-0.3, -0.25) is 0 Å². The third-order valence-electron chi connectivity index (χ3n) is 5.48. The van der Waals surface area contributed by atoms with Gasteiger partial charge in [-0.2, -0.15) is 13.2 Å². The Morgan fingerprint density at radius 2 is 1.68 bits per heavy atom. The lowest BCUT2D eigenvalue weighted by Gasteiger charge is -2.17. The highest BCUT2D eigenvalue weighted by atomic mass is 32.1. The first-order valence-electron chi connectivity index (χ1n) is 11.3. The Bertz CT molecular complexity index is 1040. The number of nitrogens with two attached hydrogens (primary N) is 1. The number of aliphatic hydroxyl groups excluding tert-OH is 1. The molecule has 0 fully saturated rings. The highest BCUT2D eigenvalue weighted by Gasteiger charge is 2.35. The monoisotopic (exact) mass is 493 g/mol. The van der Waals surface area contributed by atoms with E-state index in [1.807, 2.05) is 18.2 Å². The predicted octanol–water partition coefficient (Wildman–Crippen LogP) is 5.96. The number of alkyl halides is 3. The zero-order chi connectivity index (χ0) is 24.6. The number of halogens is 3. The quantitative estimate of drug-likeness (QED) is 0.304. The third kappa shape index (κ3) is 7.25. The largest absolute Gasteiger partial charge is 0.493 e. The Hall–Kier alpha value is -2.49. The van der Waals surface area contributed by atoms with Crippen LogP contribution in [0.1, 0.15) is 55.2 Å². The van der Waals surface area contributed by atoms with E-state index in [4.69, 9.17) is 10.5 Å². The Morgan fingerprint density at radius 1 is 0.971 bits per heavy atom. The van der Waals surface area contributed by atoms with Gasteiger partial charge < -0.3 is 15.6 Å². The average molecular weight is 494 g/mol. The lowest BCUT2D eigenvalue weighted by Crippen LogP contribution is -2.36. The molecule has 0 bridgehead atoms. The molecule has 0 aliphatic carbocycles. The van der Waals surface area contributed by atoms with Crippen LogP contribution in [0, 0.1) is 0 Å². The highest BCUT2D eigenvalue weighted by Crippen LogP contribution is 2.39. The fraction of sp³-hybridized carbons (Fsp3) is 0.440. The first kappa shape index (κ1) is 26.1. The fourth-order valence-electron chi connectivity index (χ4n) is 3.44. The molecule has 1 aromatic heterocycles. The van der Waals surface area contributed by atoms with Crippen molar-refractivity contribution in [3.05, 3.63) is 64.7 Å². The number of hydrogen-bond donors (Lipinski definition) is 2. The molecule has 0 spiro atoms. The second-order valence-electron chi connectivity index (χ2n) is 8.55. The molecule has 0 aliphatic heterocycles. The first-order valence-corrected chi connectivity index (χ1v) is 12.1. The number of rotatable bonds is 12. The van der Waals surface area contributed by atoms with Crippen LogP contribution in [-0.4, -0.2) is 28.5 Å². The van der Waals surface area contributed by atoms with Crippen molar-refractivity contribution < 1.29 is 23.0 Å². The van der Waals surface area contributed by atoms with Gasteiger partial charge in [-0.1, -0.05) is 60.9 Å². The summed E-state index contributed by atoms with van der Waals surface area (Å²) >= 11 is 1.06. The van der Waals surface area contributed by atoms with E-state index in [1.165, 1.54) is 17.7 Å². The summed E-state index contributed by atoms with van der Waals surface area (Å²) < 4.78 is 46.5. The van der Waals surface area contributed by atoms with Crippen LogP contribution < -0.4 is 10.5 Å². The van der Waals surface area contributed by atoms with Crippen LogP contribution >= 0.6 is 11.3 Å². The van der Waals surface area contributed by atoms with Crippen LogP contribution in [0.4, 0.5) is 13.2 Å². The maximum Gasteiger partial charge on any atom is 0.419 e. The van der Waals surface area contributed by atoms with Crippen LogP contribution in [-0.2, 0) is 18.1 Å². The van der Waals surface area contributed by atoms with E-state index in [-0.39, 0.29) is 24.5 Å². The molecule has 3 N–H and O–H groups in total. The number of nitrogens with zero attached hydrogens (tertiary/aromatic N) is 2. The maximum atomic E-state index is 13.7. The summed E-state index contributed by atoms with van der Waals surface area (Å²) in [5.41, 5.74) is 5.59. The minimum Gasteiger partial charge on any atom is -0.493 e. The minimum atomic E-state index is -4.57. The first-order chi connectivity index (χ1) is 16.2. The summed E-state index contributed by atoms with van der Waals surface area (Å²) in [5.74, 6) is -0.191. The van der Waals surface area contributed by atoms with Crippen LogP contribution in [0.3, 0.4) is 0 Å². The van der Waals surface area contributed by atoms with Gasteiger partial charge in [-0.15, -0.1) is 10.2 Å². The van der Waals surface area contributed by atoms with Crippen LogP contribution in [0.5, 0.6) is 5.75 Å². The van der Waals surface area contributed by atoms with E-state index >= 15 is 0 Å². The number of aliphatic hydroxyl groups is 1. The van der Waals surface area contributed by atoms with Crippen molar-refractivity contribution in [2.24, 2.45) is 5.73 Å². The topological polar surface area (TPSA) is 81.3 Å². The molecule has 0 saturated heterocycles. The molecule has 1 heterocycles. The molecular formula is C25H30F3N3O2S. The van der Waals surface area contributed by atoms with E-state index < -0.39 is 17.3 Å². The van der Waals surface area contributed by atoms with Crippen molar-refractivity contribution in [2.75, 3.05) is 13.2 Å². The van der Waals surface area contributed by atoms with Gasteiger partial charge in [0.1, 0.15) is 15.8 Å². The van der Waals surface area contributed by atoms with Gasteiger partial charge in [0.2, 0.25) is 0 Å². The van der Waals surface area contributed by atoms with E-state index in [0.29, 0.717) is 16.4 Å². The summed E-state index contributed by atoms with van der Waals surface area (Å²) in [6, 6.07) is 14.2. The van der Waals surface area contributed by atoms with Crippen molar-refractivity contribution in [1.29, 1.82) is 0 Å². The SMILES string of the molecule is C[C@](N)(CO)c1nnc(-c2ccc(OCCCCCCCc3ccccc3)c(C(F)(F)F)c2)s1. The standard InChI is InChI=1S/C25H30F3N3O2S/c1-24(29,17-32)23-31-30-22(34-23)19-13-14-21(20(16-19)25(26,27)28)33-15-9-4-2-3-6-10-18-11-7-5-8-12-18/h5,7-8,11-14,16,32H,2-4,6,9-10,15,17,29H2,1H3/t24-/m0/s1. The summed E-state index contributed by atoms with van der Waals surface area (Å²) in [6.45, 7) is 1.46. The fourth-order valence-corrected chi connectivity index (χ4v) is 4.33. The molecule has 3 rings (SSSR count). The number of hydrogen-bond acceptors (Lipinski definition) is 6. The van der Waals surface area contributed by atoms with Crippen LogP contribution in [0.2, 0.25) is 0 Å². The van der Waals surface area contributed by atoms with Crippen molar-refractivity contribution >= 4 is 11.3 Å². The third-order valence-corrected chi connectivity index (χ3v) is 6.74. The number of aryl methyl sites for hydroxylation is 1. The van der Waals surface area contributed by atoms with Crippen molar-refractivity contribution in [2.45, 2.75) is 57.2 Å². The van der Waals surface area contributed by atoms with Crippen LogP contribution in [0.15, 0.2) is 48.5 Å². The molecule has 2 aromatic carbocycles. The zero-order valence-corrected chi connectivity index (χ0v) is 20.0. The summed E-state index contributed by atoms with van der Waals surface area (Å²) in [4.78, 5) is 0. The second kappa shape index (κ2) is 11.8. The van der Waals surface area contributed by atoms with Gasteiger partial charge in [0, 0.05) is 5.56 Å². The van der Waals surface area contributed by atoms with Crippen molar-refractivity contribution in [3.63, 3.8) is 0 Å². The molecule has 0 saturated carbocycles. The van der Waals surface area contributed by atoms with Crippen molar-refractivity contribution in [1.82, 2.24) is 10.2 Å². The van der Waals surface area contributed by atoms with Gasteiger partial charge >= 0.3 is 6.18 Å². The molecule has 0 amide bonds. The van der Waals surface area contributed by atoms with E-state index in [1.54, 1.807) is 6.92 Å². The lowest BCUT2D eigenvalue weighted by molar-refractivity contribution is -0.138. The lowest BCUT2D eigenvalue weighted by atomic mass is 10.1. The molecule has 184 valence electrons. The number of aromatic nitrogens is 2. The highest BCUT2D eigenvalue weighted by molar-refractivity contribution is 7.14. The number of benzene rings is 2.